The Morgan fingerprint density at radius 3 is 2.38 bits per heavy atom. The second-order valence-corrected chi connectivity index (χ2v) is 8.55. The SMILES string of the molecule is Cc1ccc(N2C(=O)/C(=C/c3cc(C)n(-c4cccc([N+](=O)[O-])c4)c3C)C(=O)NC2=S)cc1C. The predicted molar refractivity (Wildman–Crippen MR) is 134 cm³/mol. The lowest BCUT2D eigenvalue weighted by molar-refractivity contribution is -0.384. The molecule has 0 bridgehead atoms. The van der Waals surface area contributed by atoms with E-state index in [4.69, 9.17) is 12.2 Å². The van der Waals surface area contributed by atoms with Gasteiger partial charge in [0.2, 0.25) is 0 Å². The van der Waals surface area contributed by atoms with E-state index in [2.05, 4.69) is 5.32 Å². The fourth-order valence-electron chi connectivity index (χ4n) is 3.99. The van der Waals surface area contributed by atoms with Gasteiger partial charge >= 0.3 is 0 Å². The Hall–Kier alpha value is -4.11. The molecule has 4 rings (SSSR count). The number of rotatable bonds is 4. The summed E-state index contributed by atoms with van der Waals surface area (Å²) in [6, 6.07) is 13.7. The summed E-state index contributed by atoms with van der Waals surface area (Å²) in [6.45, 7) is 7.59. The van der Waals surface area contributed by atoms with Crippen molar-refractivity contribution in [2.75, 3.05) is 4.90 Å². The van der Waals surface area contributed by atoms with Gasteiger partial charge in [-0.2, -0.15) is 0 Å². The summed E-state index contributed by atoms with van der Waals surface area (Å²) in [7, 11) is 0. The van der Waals surface area contributed by atoms with E-state index in [0.717, 1.165) is 22.5 Å². The zero-order valence-corrected chi connectivity index (χ0v) is 19.9. The van der Waals surface area contributed by atoms with Crippen molar-refractivity contribution in [3.63, 3.8) is 0 Å². The fraction of sp³-hybridized carbons (Fsp3) is 0.160. The maximum atomic E-state index is 13.4. The molecule has 0 spiro atoms. The van der Waals surface area contributed by atoms with Crippen molar-refractivity contribution in [1.29, 1.82) is 0 Å². The van der Waals surface area contributed by atoms with Gasteiger partial charge in [0, 0.05) is 23.5 Å². The molecule has 1 fully saturated rings. The first-order valence-electron chi connectivity index (χ1n) is 10.5. The van der Waals surface area contributed by atoms with E-state index in [1.165, 1.54) is 23.1 Å². The molecule has 9 heteroatoms. The van der Waals surface area contributed by atoms with E-state index >= 15 is 0 Å². The molecule has 1 aliphatic rings. The van der Waals surface area contributed by atoms with Gasteiger partial charge in [-0.25, -0.2) is 0 Å². The largest absolute Gasteiger partial charge is 0.318 e. The maximum absolute atomic E-state index is 13.4. The first-order valence-corrected chi connectivity index (χ1v) is 10.9. The van der Waals surface area contributed by atoms with Gasteiger partial charge in [0.1, 0.15) is 5.57 Å². The van der Waals surface area contributed by atoms with Crippen LogP contribution in [0.25, 0.3) is 11.8 Å². The van der Waals surface area contributed by atoms with Crippen molar-refractivity contribution in [3.05, 3.63) is 92.3 Å². The molecule has 1 aliphatic heterocycles. The van der Waals surface area contributed by atoms with Gasteiger partial charge in [-0.3, -0.25) is 29.9 Å². The number of nitro benzene ring substituents is 1. The molecule has 0 radical (unpaired) electrons. The number of hydrogen-bond acceptors (Lipinski definition) is 5. The van der Waals surface area contributed by atoms with E-state index in [0.29, 0.717) is 16.9 Å². The third-order valence-electron chi connectivity index (χ3n) is 5.92. The Labute approximate surface area is 201 Å². The number of amides is 2. The van der Waals surface area contributed by atoms with E-state index in [9.17, 15) is 19.7 Å². The number of anilines is 1. The number of benzene rings is 2. The zero-order chi connectivity index (χ0) is 24.7. The minimum atomic E-state index is -0.574. The number of nitrogens with zero attached hydrogens (tertiary/aromatic N) is 3. The maximum Gasteiger partial charge on any atom is 0.271 e. The summed E-state index contributed by atoms with van der Waals surface area (Å²) in [4.78, 5) is 38.1. The Morgan fingerprint density at radius 2 is 1.71 bits per heavy atom. The molecule has 8 nitrogen and oxygen atoms in total. The van der Waals surface area contributed by atoms with Crippen LogP contribution >= 0.6 is 12.2 Å². The third-order valence-corrected chi connectivity index (χ3v) is 6.20. The number of nitro groups is 1. The standard InChI is InChI=1S/C25H22N4O4S/c1-14-8-9-20(10-15(14)2)28-24(31)22(23(30)26-25(28)34)12-18-11-16(3)27(17(18)4)19-6-5-7-21(13-19)29(32)33/h5-13H,1-4H3,(H,26,30,34)/b22-12+. The molecule has 172 valence electrons. The van der Waals surface area contributed by atoms with Crippen molar-refractivity contribution in [3.8, 4) is 5.69 Å². The first kappa shape index (κ1) is 23.1. The second-order valence-electron chi connectivity index (χ2n) is 8.17. The van der Waals surface area contributed by atoms with Crippen LogP contribution in [0.15, 0.2) is 54.1 Å². The second kappa shape index (κ2) is 8.68. The lowest BCUT2D eigenvalue weighted by atomic mass is 10.1. The molecular formula is C25H22N4O4S. The fourth-order valence-corrected chi connectivity index (χ4v) is 4.27. The van der Waals surface area contributed by atoms with Gasteiger partial charge in [-0.05, 0) is 86.9 Å². The van der Waals surface area contributed by atoms with Crippen molar-refractivity contribution in [1.82, 2.24) is 9.88 Å². The number of aromatic nitrogens is 1. The van der Waals surface area contributed by atoms with Crippen molar-refractivity contribution >= 4 is 46.6 Å². The van der Waals surface area contributed by atoms with Crippen LogP contribution in [0.2, 0.25) is 0 Å². The van der Waals surface area contributed by atoms with Gasteiger partial charge < -0.3 is 4.57 Å². The number of aryl methyl sites for hydroxylation is 3. The number of thiocarbonyl (C=S) groups is 1. The topological polar surface area (TPSA) is 97.5 Å². The zero-order valence-electron chi connectivity index (χ0n) is 19.1. The number of nitrogens with one attached hydrogen (secondary N) is 1. The molecule has 1 saturated heterocycles. The van der Waals surface area contributed by atoms with Crippen molar-refractivity contribution in [2.45, 2.75) is 27.7 Å². The van der Waals surface area contributed by atoms with Crippen LogP contribution in [-0.4, -0.2) is 26.4 Å². The predicted octanol–water partition coefficient (Wildman–Crippen LogP) is 4.45. The Morgan fingerprint density at radius 1 is 0.971 bits per heavy atom. The van der Waals surface area contributed by atoms with E-state index in [1.54, 1.807) is 18.2 Å². The molecular weight excluding hydrogens is 452 g/mol. The van der Waals surface area contributed by atoms with Gasteiger partial charge in [0.05, 0.1) is 16.3 Å². The molecule has 1 aromatic heterocycles. The molecule has 0 saturated carbocycles. The van der Waals surface area contributed by atoms with Crippen LogP contribution in [0.5, 0.6) is 0 Å². The quantitative estimate of drug-likeness (QED) is 0.198. The van der Waals surface area contributed by atoms with Crippen molar-refractivity contribution in [2.24, 2.45) is 0 Å². The highest BCUT2D eigenvalue weighted by Crippen LogP contribution is 2.28. The summed E-state index contributed by atoms with van der Waals surface area (Å²) >= 11 is 5.29. The molecule has 0 unspecified atom stereocenters. The molecule has 2 aromatic carbocycles. The highest BCUT2D eigenvalue weighted by Gasteiger charge is 2.35. The van der Waals surface area contributed by atoms with Gasteiger partial charge in [0.25, 0.3) is 17.5 Å². The average Bonchev–Trinajstić information content (AvgIpc) is 3.06. The summed E-state index contributed by atoms with van der Waals surface area (Å²) in [5, 5.41) is 13.8. The van der Waals surface area contributed by atoms with Crippen LogP contribution < -0.4 is 10.2 Å². The van der Waals surface area contributed by atoms with Crippen LogP contribution in [0, 0.1) is 37.8 Å². The minimum Gasteiger partial charge on any atom is -0.318 e. The first-order chi connectivity index (χ1) is 16.1. The molecule has 2 heterocycles. The van der Waals surface area contributed by atoms with Crippen LogP contribution in [-0.2, 0) is 9.59 Å². The van der Waals surface area contributed by atoms with Gasteiger partial charge in [0.15, 0.2) is 5.11 Å². The van der Waals surface area contributed by atoms with E-state index in [1.807, 2.05) is 50.5 Å². The number of carbonyl (C=O) groups is 2. The van der Waals surface area contributed by atoms with Gasteiger partial charge in [-0.15, -0.1) is 0 Å². The number of hydrogen-bond donors (Lipinski definition) is 1. The summed E-state index contributed by atoms with van der Waals surface area (Å²) in [5.74, 6) is -1.09. The summed E-state index contributed by atoms with van der Waals surface area (Å²) in [5.41, 5.74) is 5.37. The molecule has 3 aromatic rings. The molecule has 0 atom stereocenters. The van der Waals surface area contributed by atoms with Crippen LogP contribution in [0.3, 0.4) is 0 Å². The highest BCUT2D eigenvalue weighted by molar-refractivity contribution is 7.80. The Bertz CT molecular complexity index is 1420. The Balaban J connectivity index is 1.77. The molecule has 1 N–H and O–H groups in total. The molecule has 34 heavy (non-hydrogen) atoms. The summed E-state index contributed by atoms with van der Waals surface area (Å²) in [6.07, 6.45) is 1.53. The van der Waals surface area contributed by atoms with E-state index < -0.39 is 16.7 Å². The monoisotopic (exact) mass is 474 g/mol. The number of non-ortho nitro benzene ring substituents is 1. The smallest absolute Gasteiger partial charge is 0.271 e. The Kier molecular flexibility index (Phi) is 5.89. The lowest BCUT2D eigenvalue weighted by Gasteiger charge is -2.29. The summed E-state index contributed by atoms with van der Waals surface area (Å²) < 4.78 is 1.84. The minimum absolute atomic E-state index is 0.0238. The highest BCUT2D eigenvalue weighted by atomic mass is 32.1. The number of carbonyl (C=O) groups excluding carboxylic acids is 2. The molecule has 2 amide bonds. The third kappa shape index (κ3) is 4.01. The van der Waals surface area contributed by atoms with Crippen LogP contribution in [0.4, 0.5) is 11.4 Å². The average molecular weight is 475 g/mol. The normalized spacial score (nSPS) is 15.1. The molecule has 0 aliphatic carbocycles. The lowest BCUT2D eigenvalue weighted by Crippen LogP contribution is -2.54. The van der Waals surface area contributed by atoms with Crippen molar-refractivity contribution < 1.29 is 14.5 Å². The van der Waals surface area contributed by atoms with Gasteiger partial charge in [-0.1, -0.05) is 12.1 Å². The van der Waals surface area contributed by atoms with E-state index in [-0.39, 0.29) is 16.4 Å². The van der Waals surface area contributed by atoms with Crippen LogP contribution in [0.1, 0.15) is 28.1 Å².